The van der Waals surface area contributed by atoms with E-state index in [1.807, 2.05) is 0 Å². The van der Waals surface area contributed by atoms with E-state index in [4.69, 9.17) is 0 Å². The number of hydrogen-bond acceptors (Lipinski definition) is 0. The van der Waals surface area contributed by atoms with E-state index in [0.29, 0.717) is 0 Å². The van der Waals surface area contributed by atoms with Crippen molar-refractivity contribution in [3.63, 3.8) is 0 Å². The molecule has 0 fully saturated rings. The minimum Gasteiger partial charge on any atom is -0.309 e. The Morgan fingerprint density at radius 3 is 1.04 bits per heavy atom. The Labute approximate surface area is 404 Å². The van der Waals surface area contributed by atoms with Crippen molar-refractivity contribution >= 4 is 53.6 Å². The molecule has 326 valence electrons. The number of fused-ring (bicyclic) bond motifs is 6. The highest BCUT2D eigenvalue weighted by atomic mass is 32.3. The number of nitrogens with zero attached hydrogens (tertiary/aromatic N) is 2. The molecule has 13 rings (SSSR count). The van der Waals surface area contributed by atoms with Crippen molar-refractivity contribution in [2.24, 2.45) is 0 Å². The van der Waals surface area contributed by atoms with Gasteiger partial charge < -0.3 is 9.13 Å². The molecule has 0 unspecified atom stereocenters. The lowest BCUT2D eigenvalue weighted by molar-refractivity contribution is 1.15. The Balaban J connectivity index is 0.922. The monoisotopic (exact) mass is 898 g/mol. The lowest BCUT2D eigenvalue weighted by Crippen LogP contribution is -2.06. The molecule has 11 aromatic carbocycles. The van der Waals surface area contributed by atoms with Gasteiger partial charge in [-0.2, -0.15) is 0 Å². The number of aromatic nitrogens is 2. The SMILES string of the molecule is c1ccc(-c2ccc(-c3cccc(-n4c5ccccc5c5cc(-c6ccc7c(c6)c6ccccc6n7-c6cccc(S(c7ccccc7)(c7ccccc7)c7ccccc7)c6)ccc54)c3)cc2)cc1. The van der Waals surface area contributed by atoms with Gasteiger partial charge in [-0.1, -0.05) is 176 Å². The molecular formula is C66H46N2S. The Morgan fingerprint density at radius 2 is 0.536 bits per heavy atom. The molecule has 2 heterocycles. The zero-order chi connectivity index (χ0) is 45.7. The van der Waals surface area contributed by atoms with Gasteiger partial charge in [0.15, 0.2) is 0 Å². The summed E-state index contributed by atoms with van der Waals surface area (Å²) in [5.41, 5.74) is 14.3. The predicted octanol–water partition coefficient (Wildman–Crippen LogP) is 18.2. The standard InChI is InChI=1S/C66H46N2S/c1-5-19-47(20-6-1)48-35-37-49(38-36-48)50-21-17-22-53(43-50)67-63-33-15-13-31-59(63)61-44-51(39-41-65(61)67)52-40-42-66-62(45-52)60-32-14-16-34-64(60)68(66)54-23-18-30-58(46-54)69(55-24-7-2-8-25-55,56-26-9-3-10-27-56)57-28-11-4-12-29-57/h1-46H. The Morgan fingerprint density at radius 1 is 0.203 bits per heavy atom. The molecule has 3 heteroatoms. The van der Waals surface area contributed by atoms with Gasteiger partial charge in [0.1, 0.15) is 0 Å². The van der Waals surface area contributed by atoms with Crippen molar-refractivity contribution < 1.29 is 0 Å². The average molecular weight is 899 g/mol. The third kappa shape index (κ3) is 6.81. The van der Waals surface area contributed by atoms with Crippen LogP contribution in [-0.4, -0.2) is 9.13 Å². The van der Waals surface area contributed by atoms with Crippen LogP contribution in [0.1, 0.15) is 0 Å². The fraction of sp³-hybridized carbons (Fsp3) is 0. The van der Waals surface area contributed by atoms with Gasteiger partial charge in [0.25, 0.3) is 0 Å². The van der Waals surface area contributed by atoms with Crippen molar-refractivity contribution in [2.75, 3.05) is 0 Å². The van der Waals surface area contributed by atoms with Gasteiger partial charge in [-0.05, 0) is 137 Å². The molecule has 0 amide bonds. The van der Waals surface area contributed by atoms with Crippen molar-refractivity contribution in [3.8, 4) is 44.8 Å². The van der Waals surface area contributed by atoms with Crippen molar-refractivity contribution in [1.29, 1.82) is 0 Å². The molecule has 2 nitrogen and oxygen atoms in total. The quantitative estimate of drug-likeness (QED) is 0.137. The first kappa shape index (κ1) is 40.6. The molecule has 0 saturated heterocycles. The second-order valence-corrected chi connectivity index (χ2v) is 20.8. The van der Waals surface area contributed by atoms with Crippen LogP contribution in [0.5, 0.6) is 0 Å². The third-order valence-corrected chi connectivity index (χ3v) is 17.7. The van der Waals surface area contributed by atoms with E-state index in [2.05, 4.69) is 288 Å². The summed E-state index contributed by atoms with van der Waals surface area (Å²) in [6.45, 7) is 0. The molecule has 0 N–H and O–H groups in total. The van der Waals surface area contributed by atoms with Crippen LogP contribution in [-0.2, 0) is 0 Å². The lowest BCUT2D eigenvalue weighted by atomic mass is 10.00. The number of hydrogen-bond donors (Lipinski definition) is 0. The highest BCUT2D eigenvalue weighted by Gasteiger charge is 2.33. The fourth-order valence-corrected chi connectivity index (χ4v) is 14.6. The summed E-state index contributed by atoms with van der Waals surface area (Å²) in [5, 5.41) is 4.95. The summed E-state index contributed by atoms with van der Waals surface area (Å²) in [6, 6.07) is 103. The summed E-state index contributed by atoms with van der Waals surface area (Å²) in [5.74, 6) is 0. The molecule has 13 aromatic rings. The highest BCUT2D eigenvalue weighted by molar-refractivity contribution is 8.34. The Kier molecular flexibility index (Phi) is 9.96. The average Bonchev–Trinajstić information content (AvgIpc) is 3.95. The van der Waals surface area contributed by atoms with E-state index in [0.717, 1.165) is 11.4 Å². The number of rotatable bonds is 9. The maximum Gasteiger partial charge on any atom is 0.0541 e. The summed E-state index contributed by atoms with van der Waals surface area (Å²) < 4.78 is 4.89. The van der Waals surface area contributed by atoms with E-state index in [9.17, 15) is 0 Å². The molecule has 0 saturated carbocycles. The van der Waals surface area contributed by atoms with Crippen molar-refractivity contribution in [3.05, 3.63) is 279 Å². The van der Waals surface area contributed by atoms with Crippen LogP contribution in [0.15, 0.2) is 299 Å². The topological polar surface area (TPSA) is 9.86 Å². The van der Waals surface area contributed by atoms with E-state index in [1.165, 1.54) is 96.6 Å². The molecular weight excluding hydrogens is 853 g/mol. The normalized spacial score (nSPS) is 12.0. The van der Waals surface area contributed by atoms with Crippen LogP contribution in [0.3, 0.4) is 0 Å². The van der Waals surface area contributed by atoms with Crippen LogP contribution in [0.25, 0.3) is 88.4 Å². The molecule has 0 bridgehead atoms. The number of para-hydroxylation sites is 2. The van der Waals surface area contributed by atoms with Crippen LogP contribution in [0.4, 0.5) is 0 Å². The van der Waals surface area contributed by atoms with Gasteiger partial charge in [-0.15, -0.1) is 10.0 Å². The van der Waals surface area contributed by atoms with E-state index in [-0.39, 0.29) is 0 Å². The molecule has 0 spiro atoms. The Hall–Kier alpha value is -8.63. The smallest absolute Gasteiger partial charge is 0.0541 e. The largest absolute Gasteiger partial charge is 0.309 e. The van der Waals surface area contributed by atoms with E-state index >= 15 is 0 Å². The molecule has 0 aliphatic carbocycles. The van der Waals surface area contributed by atoms with Crippen LogP contribution in [0, 0.1) is 0 Å². The molecule has 0 aliphatic rings. The minimum absolute atomic E-state index is 1.15. The molecule has 0 radical (unpaired) electrons. The van der Waals surface area contributed by atoms with Gasteiger partial charge in [0, 0.05) is 52.5 Å². The molecule has 69 heavy (non-hydrogen) atoms. The summed E-state index contributed by atoms with van der Waals surface area (Å²) in [7, 11) is -1.86. The van der Waals surface area contributed by atoms with Crippen LogP contribution in [0.2, 0.25) is 0 Å². The third-order valence-electron chi connectivity index (χ3n) is 13.8. The first-order chi connectivity index (χ1) is 34.2. The zero-order valence-corrected chi connectivity index (χ0v) is 38.7. The predicted molar refractivity (Wildman–Crippen MR) is 291 cm³/mol. The summed E-state index contributed by atoms with van der Waals surface area (Å²) in [4.78, 5) is 5.22. The second kappa shape index (κ2) is 16.9. The molecule has 2 aromatic heterocycles. The van der Waals surface area contributed by atoms with E-state index < -0.39 is 10.0 Å². The molecule has 0 atom stereocenters. The van der Waals surface area contributed by atoms with Crippen molar-refractivity contribution in [2.45, 2.75) is 19.6 Å². The molecule has 0 aliphatic heterocycles. The maximum atomic E-state index is 2.46. The van der Waals surface area contributed by atoms with Crippen molar-refractivity contribution in [1.82, 2.24) is 9.13 Å². The van der Waals surface area contributed by atoms with E-state index in [1.54, 1.807) is 0 Å². The van der Waals surface area contributed by atoms with Crippen LogP contribution >= 0.6 is 10.0 Å². The summed E-state index contributed by atoms with van der Waals surface area (Å²) >= 11 is 0. The first-order valence-corrected chi connectivity index (χ1v) is 25.3. The Bertz CT molecular complexity index is 3890. The van der Waals surface area contributed by atoms with Gasteiger partial charge in [-0.25, -0.2) is 0 Å². The highest BCUT2D eigenvalue weighted by Crippen LogP contribution is 2.73. The van der Waals surface area contributed by atoms with Gasteiger partial charge in [0.05, 0.1) is 22.1 Å². The lowest BCUT2D eigenvalue weighted by Gasteiger charge is -2.42. The van der Waals surface area contributed by atoms with Gasteiger partial charge in [-0.3, -0.25) is 0 Å². The first-order valence-electron chi connectivity index (χ1n) is 23.6. The maximum absolute atomic E-state index is 2.46. The number of benzene rings is 11. The summed E-state index contributed by atoms with van der Waals surface area (Å²) in [6.07, 6.45) is 0. The zero-order valence-electron chi connectivity index (χ0n) is 37.9. The van der Waals surface area contributed by atoms with Gasteiger partial charge in [0.2, 0.25) is 0 Å². The fourth-order valence-electron chi connectivity index (χ4n) is 10.7. The second-order valence-electron chi connectivity index (χ2n) is 17.7. The van der Waals surface area contributed by atoms with Gasteiger partial charge >= 0.3 is 0 Å². The van der Waals surface area contributed by atoms with Crippen LogP contribution < -0.4 is 0 Å². The minimum atomic E-state index is -1.86.